The molecule has 1 aromatic rings. The smallest absolute Gasteiger partial charge is 0.345 e. The highest BCUT2D eigenvalue weighted by molar-refractivity contribution is 5.88. The first-order valence-corrected chi connectivity index (χ1v) is 4.45. The number of carboxylic acid groups (broad SMARTS) is 1. The lowest BCUT2D eigenvalue weighted by atomic mass is 10.1. The van der Waals surface area contributed by atoms with Crippen LogP contribution in [0.5, 0.6) is 5.75 Å². The molecule has 0 aromatic heterocycles. The van der Waals surface area contributed by atoms with Crippen LogP contribution in [0.15, 0.2) is 18.2 Å². The molecule has 0 bridgehead atoms. The standard InChI is InChI=1S/C10H10F2O4/c11-10(12)16-4-3-6-1-2-7(9(14)15)5-8(6)13/h1-2,5,10,13H,3-4H2,(H,14,15). The maximum atomic E-state index is 11.6. The molecule has 16 heavy (non-hydrogen) atoms. The summed E-state index contributed by atoms with van der Waals surface area (Å²) >= 11 is 0. The minimum Gasteiger partial charge on any atom is -0.508 e. The molecule has 0 unspecified atom stereocenters. The first-order valence-electron chi connectivity index (χ1n) is 4.45. The van der Waals surface area contributed by atoms with Crippen molar-refractivity contribution in [2.75, 3.05) is 6.61 Å². The van der Waals surface area contributed by atoms with Gasteiger partial charge in [-0.25, -0.2) is 4.79 Å². The largest absolute Gasteiger partial charge is 0.508 e. The molecule has 0 saturated heterocycles. The van der Waals surface area contributed by atoms with Gasteiger partial charge in [-0.05, 0) is 24.1 Å². The topological polar surface area (TPSA) is 66.8 Å². The molecular formula is C10H10F2O4. The average Bonchev–Trinajstić information content (AvgIpc) is 2.19. The highest BCUT2D eigenvalue weighted by Gasteiger charge is 2.08. The SMILES string of the molecule is O=C(O)c1ccc(CCOC(F)F)c(O)c1. The Morgan fingerprint density at radius 2 is 2.12 bits per heavy atom. The van der Waals surface area contributed by atoms with E-state index in [1.54, 1.807) is 0 Å². The number of carbonyl (C=O) groups is 1. The summed E-state index contributed by atoms with van der Waals surface area (Å²) in [5.41, 5.74) is 0.307. The molecule has 0 spiro atoms. The molecule has 0 fully saturated rings. The Hall–Kier alpha value is -1.69. The van der Waals surface area contributed by atoms with Crippen molar-refractivity contribution in [3.8, 4) is 5.75 Å². The first kappa shape index (κ1) is 12.4. The molecule has 0 amide bonds. The Labute approximate surface area is 90.1 Å². The van der Waals surface area contributed by atoms with Gasteiger partial charge in [-0.15, -0.1) is 0 Å². The lowest BCUT2D eigenvalue weighted by Crippen LogP contribution is -2.04. The number of benzene rings is 1. The van der Waals surface area contributed by atoms with Gasteiger partial charge in [-0.2, -0.15) is 8.78 Å². The van der Waals surface area contributed by atoms with E-state index in [1.807, 2.05) is 0 Å². The van der Waals surface area contributed by atoms with Gasteiger partial charge in [0.1, 0.15) is 5.75 Å². The zero-order valence-corrected chi connectivity index (χ0v) is 8.19. The molecular weight excluding hydrogens is 222 g/mol. The second-order valence-corrected chi connectivity index (χ2v) is 3.03. The van der Waals surface area contributed by atoms with Crippen LogP contribution in [0.1, 0.15) is 15.9 Å². The minimum atomic E-state index is -2.85. The molecule has 0 aliphatic carbocycles. The number of aromatic carboxylic acids is 1. The monoisotopic (exact) mass is 232 g/mol. The van der Waals surface area contributed by atoms with E-state index in [9.17, 15) is 18.7 Å². The number of halogens is 2. The number of aromatic hydroxyl groups is 1. The van der Waals surface area contributed by atoms with Crippen molar-refractivity contribution < 1.29 is 28.5 Å². The van der Waals surface area contributed by atoms with Crippen molar-refractivity contribution in [2.24, 2.45) is 0 Å². The lowest BCUT2D eigenvalue weighted by molar-refractivity contribution is -0.127. The third kappa shape index (κ3) is 3.47. The molecule has 0 aliphatic heterocycles. The molecule has 0 radical (unpaired) electrons. The summed E-state index contributed by atoms with van der Waals surface area (Å²) in [6, 6.07) is 3.73. The van der Waals surface area contributed by atoms with Crippen LogP contribution >= 0.6 is 0 Å². The molecule has 1 aromatic carbocycles. The summed E-state index contributed by atoms with van der Waals surface area (Å²) < 4.78 is 27.3. The number of rotatable bonds is 5. The number of carboxylic acids is 1. The Bertz CT molecular complexity index is 379. The maximum Gasteiger partial charge on any atom is 0.345 e. The van der Waals surface area contributed by atoms with Crippen LogP contribution in [0.3, 0.4) is 0 Å². The van der Waals surface area contributed by atoms with Gasteiger partial charge in [0.25, 0.3) is 0 Å². The van der Waals surface area contributed by atoms with E-state index in [2.05, 4.69) is 4.74 Å². The van der Waals surface area contributed by atoms with Crippen molar-refractivity contribution in [3.05, 3.63) is 29.3 Å². The molecule has 0 atom stereocenters. The van der Waals surface area contributed by atoms with E-state index in [4.69, 9.17) is 5.11 Å². The average molecular weight is 232 g/mol. The van der Waals surface area contributed by atoms with Crippen LogP contribution in [0.4, 0.5) is 8.78 Å². The Morgan fingerprint density at radius 3 is 2.62 bits per heavy atom. The zero-order chi connectivity index (χ0) is 12.1. The van der Waals surface area contributed by atoms with Gasteiger partial charge in [-0.1, -0.05) is 6.07 Å². The van der Waals surface area contributed by atoms with Crippen molar-refractivity contribution in [3.63, 3.8) is 0 Å². The molecule has 4 nitrogen and oxygen atoms in total. The molecule has 2 N–H and O–H groups in total. The number of phenols is 1. The second kappa shape index (κ2) is 5.41. The van der Waals surface area contributed by atoms with Crippen LogP contribution in [0.25, 0.3) is 0 Å². The number of hydrogen-bond acceptors (Lipinski definition) is 3. The Kier molecular flexibility index (Phi) is 4.19. The lowest BCUT2D eigenvalue weighted by Gasteiger charge is -2.06. The van der Waals surface area contributed by atoms with Gasteiger partial charge < -0.3 is 14.9 Å². The Morgan fingerprint density at radius 1 is 1.44 bits per heavy atom. The number of hydrogen-bond donors (Lipinski definition) is 2. The zero-order valence-electron chi connectivity index (χ0n) is 8.19. The van der Waals surface area contributed by atoms with Crippen molar-refractivity contribution >= 4 is 5.97 Å². The van der Waals surface area contributed by atoms with Gasteiger partial charge in [-0.3, -0.25) is 0 Å². The van der Waals surface area contributed by atoms with Crippen molar-refractivity contribution in [2.45, 2.75) is 13.0 Å². The Balaban J connectivity index is 2.64. The van der Waals surface area contributed by atoms with Gasteiger partial charge in [0.05, 0.1) is 12.2 Å². The minimum absolute atomic E-state index is 0.0592. The summed E-state index contributed by atoms with van der Waals surface area (Å²) in [6.07, 6.45) is 0.0933. The first-order chi connectivity index (χ1) is 7.50. The fraction of sp³-hybridized carbons (Fsp3) is 0.300. The van der Waals surface area contributed by atoms with Gasteiger partial charge >= 0.3 is 12.6 Å². The van der Waals surface area contributed by atoms with E-state index in [-0.39, 0.29) is 24.3 Å². The van der Waals surface area contributed by atoms with Crippen LogP contribution < -0.4 is 0 Å². The molecule has 1 rings (SSSR count). The van der Waals surface area contributed by atoms with Crippen LogP contribution in [-0.4, -0.2) is 29.4 Å². The van der Waals surface area contributed by atoms with Crippen LogP contribution in [0.2, 0.25) is 0 Å². The normalized spacial score (nSPS) is 10.7. The number of ether oxygens (including phenoxy) is 1. The molecule has 0 aliphatic rings. The highest BCUT2D eigenvalue weighted by Crippen LogP contribution is 2.19. The fourth-order valence-corrected chi connectivity index (χ4v) is 1.17. The third-order valence-corrected chi connectivity index (χ3v) is 1.95. The quantitative estimate of drug-likeness (QED) is 0.813. The van der Waals surface area contributed by atoms with Gasteiger partial charge in [0.15, 0.2) is 0 Å². The highest BCUT2D eigenvalue weighted by atomic mass is 19.3. The van der Waals surface area contributed by atoms with E-state index in [0.29, 0.717) is 5.56 Å². The fourth-order valence-electron chi connectivity index (χ4n) is 1.17. The second-order valence-electron chi connectivity index (χ2n) is 3.03. The van der Waals surface area contributed by atoms with E-state index in [0.717, 1.165) is 6.07 Å². The maximum absolute atomic E-state index is 11.6. The number of alkyl halides is 2. The third-order valence-electron chi connectivity index (χ3n) is 1.95. The molecule has 0 heterocycles. The van der Waals surface area contributed by atoms with E-state index in [1.165, 1.54) is 12.1 Å². The van der Waals surface area contributed by atoms with Crippen molar-refractivity contribution in [1.29, 1.82) is 0 Å². The summed E-state index contributed by atoms with van der Waals surface area (Å²) in [6.45, 7) is -3.09. The predicted molar refractivity (Wildman–Crippen MR) is 50.7 cm³/mol. The van der Waals surface area contributed by atoms with Gasteiger partial charge in [0, 0.05) is 0 Å². The van der Waals surface area contributed by atoms with E-state index < -0.39 is 12.6 Å². The van der Waals surface area contributed by atoms with E-state index >= 15 is 0 Å². The molecule has 88 valence electrons. The molecule has 6 heteroatoms. The molecule has 0 saturated carbocycles. The predicted octanol–water partition coefficient (Wildman–Crippen LogP) is 1.87. The summed E-state index contributed by atoms with van der Waals surface area (Å²) in [5, 5.41) is 18.0. The van der Waals surface area contributed by atoms with Crippen molar-refractivity contribution in [1.82, 2.24) is 0 Å². The summed E-state index contributed by atoms with van der Waals surface area (Å²) in [5.74, 6) is -1.40. The van der Waals surface area contributed by atoms with Crippen LogP contribution in [0, 0.1) is 0 Å². The summed E-state index contributed by atoms with van der Waals surface area (Å²) in [7, 11) is 0. The summed E-state index contributed by atoms with van der Waals surface area (Å²) in [4.78, 5) is 10.5. The van der Waals surface area contributed by atoms with Crippen LogP contribution in [-0.2, 0) is 11.2 Å². The van der Waals surface area contributed by atoms with Gasteiger partial charge in [0.2, 0.25) is 0 Å². The number of phenolic OH excluding ortho intramolecular Hbond substituents is 1.